The summed E-state index contributed by atoms with van der Waals surface area (Å²) in [6.07, 6.45) is 4.17. The van der Waals surface area contributed by atoms with Crippen molar-refractivity contribution < 1.29 is 0 Å². The summed E-state index contributed by atoms with van der Waals surface area (Å²) in [5.74, 6) is 0.881. The predicted molar refractivity (Wildman–Crippen MR) is 223 cm³/mol. The first-order chi connectivity index (χ1) is 26.8. The lowest BCUT2D eigenvalue weighted by atomic mass is 9.96. The minimum absolute atomic E-state index is 0.0159. The van der Waals surface area contributed by atoms with Gasteiger partial charge in [0.1, 0.15) is 12.0 Å². The van der Waals surface area contributed by atoms with Crippen LogP contribution < -0.4 is 10.6 Å². The van der Waals surface area contributed by atoms with Gasteiger partial charge >= 0.3 is 0 Å². The number of pyridine rings is 1. The number of nitrogens with zero attached hydrogens (tertiary/aromatic N) is 3. The van der Waals surface area contributed by atoms with E-state index in [2.05, 4.69) is 202 Å². The number of nitrogens with one attached hydrogen (secondary N) is 2. The molecule has 0 aliphatic carbocycles. The average Bonchev–Trinajstić information content (AvgIpc) is 3.75. The third kappa shape index (κ3) is 4.86. The second-order valence-corrected chi connectivity index (χ2v) is 14.1. The molecular weight excluding hydrogens is 659 g/mol. The molecule has 0 radical (unpaired) electrons. The van der Waals surface area contributed by atoms with Crippen LogP contribution in [0.15, 0.2) is 188 Å². The van der Waals surface area contributed by atoms with Crippen LogP contribution in [0.1, 0.15) is 28.9 Å². The monoisotopic (exact) mass is 693 g/mol. The first-order valence-electron chi connectivity index (χ1n) is 18.5. The normalized spacial score (nSPS) is 16.0. The molecule has 2 atom stereocenters. The van der Waals surface area contributed by atoms with Gasteiger partial charge in [-0.3, -0.25) is 9.88 Å². The van der Waals surface area contributed by atoms with Crippen LogP contribution >= 0.6 is 0 Å². The van der Waals surface area contributed by atoms with Crippen molar-refractivity contribution in [1.82, 2.24) is 24.8 Å². The van der Waals surface area contributed by atoms with Gasteiger partial charge in [-0.05, 0) is 64.9 Å². The average molecular weight is 694 g/mol. The zero-order valence-corrected chi connectivity index (χ0v) is 29.4. The summed E-state index contributed by atoms with van der Waals surface area (Å²) in [5.41, 5.74) is 10.4. The van der Waals surface area contributed by atoms with Crippen molar-refractivity contribution in [3.63, 3.8) is 0 Å². The zero-order chi connectivity index (χ0) is 35.6. The number of para-hydroxylation sites is 3. The maximum absolute atomic E-state index is 5.20. The van der Waals surface area contributed by atoms with Gasteiger partial charge in [0.2, 0.25) is 0 Å². The van der Waals surface area contributed by atoms with Gasteiger partial charge in [-0.15, -0.1) is 0 Å². The maximum atomic E-state index is 5.20. The Hall–Kier alpha value is -6.95. The van der Waals surface area contributed by atoms with Crippen molar-refractivity contribution in [2.24, 2.45) is 0 Å². The summed E-state index contributed by atoms with van der Waals surface area (Å²) in [4.78, 5) is 5.20. The van der Waals surface area contributed by atoms with Gasteiger partial charge < -0.3 is 9.88 Å². The first-order valence-corrected chi connectivity index (χ1v) is 18.5. The lowest BCUT2D eigenvalue weighted by molar-refractivity contribution is 0.442. The van der Waals surface area contributed by atoms with Gasteiger partial charge in [-0.1, -0.05) is 133 Å². The fraction of sp³-hybridized carbons (Fsp3) is 0.0408. The molecule has 2 N–H and O–H groups in total. The Morgan fingerprint density at radius 2 is 1.09 bits per heavy atom. The largest absolute Gasteiger partial charge is 0.366 e. The van der Waals surface area contributed by atoms with Crippen LogP contribution in [0.3, 0.4) is 0 Å². The molecule has 4 heterocycles. The third-order valence-corrected chi connectivity index (χ3v) is 11.0. The summed E-state index contributed by atoms with van der Waals surface area (Å²) in [7, 11) is 0. The Balaban J connectivity index is 1.05. The van der Waals surface area contributed by atoms with Gasteiger partial charge in [0.15, 0.2) is 0 Å². The molecule has 11 rings (SSSR count). The predicted octanol–water partition coefficient (Wildman–Crippen LogP) is 11.4. The van der Waals surface area contributed by atoms with E-state index >= 15 is 0 Å². The van der Waals surface area contributed by atoms with E-state index < -0.39 is 0 Å². The molecule has 0 fully saturated rings. The van der Waals surface area contributed by atoms with Gasteiger partial charge in [0, 0.05) is 50.3 Å². The highest BCUT2D eigenvalue weighted by atomic mass is 15.2. The van der Waals surface area contributed by atoms with Crippen molar-refractivity contribution >= 4 is 60.1 Å². The highest BCUT2D eigenvalue weighted by molar-refractivity contribution is 6.19. The second-order valence-electron chi connectivity index (χ2n) is 14.1. The van der Waals surface area contributed by atoms with E-state index in [0.29, 0.717) is 0 Å². The van der Waals surface area contributed by atoms with Gasteiger partial charge in [-0.25, -0.2) is 4.98 Å². The highest BCUT2D eigenvalue weighted by Gasteiger charge is 2.26. The number of fused-ring (bicyclic) bond motifs is 7. The van der Waals surface area contributed by atoms with Crippen molar-refractivity contribution in [3.8, 4) is 11.5 Å². The molecule has 256 valence electrons. The number of benzene rings is 7. The molecule has 1 aliphatic rings. The Labute approximate surface area is 312 Å². The quantitative estimate of drug-likeness (QED) is 0.189. The van der Waals surface area contributed by atoms with Crippen LogP contribution in [-0.2, 0) is 0 Å². The molecule has 10 aromatic rings. The van der Waals surface area contributed by atoms with E-state index in [4.69, 9.17) is 4.98 Å². The number of rotatable bonds is 5. The molecule has 0 saturated carbocycles. The summed E-state index contributed by atoms with van der Waals surface area (Å²) in [6, 6.07) is 62.9. The highest BCUT2D eigenvalue weighted by Crippen LogP contribution is 2.40. The molecule has 0 saturated heterocycles. The number of aromatic nitrogens is 3. The molecular formula is C49H35N5. The van der Waals surface area contributed by atoms with Crippen LogP contribution in [0, 0.1) is 0 Å². The molecule has 0 bridgehead atoms. The Morgan fingerprint density at radius 3 is 1.83 bits per heavy atom. The van der Waals surface area contributed by atoms with E-state index in [-0.39, 0.29) is 12.2 Å². The molecule has 0 amide bonds. The lowest BCUT2D eigenvalue weighted by Gasteiger charge is -2.33. The van der Waals surface area contributed by atoms with Crippen LogP contribution in [0.2, 0.25) is 0 Å². The number of hydrogen-bond donors (Lipinski definition) is 2. The van der Waals surface area contributed by atoms with Gasteiger partial charge in [0.25, 0.3) is 0 Å². The third-order valence-electron chi connectivity index (χ3n) is 11.0. The fourth-order valence-corrected chi connectivity index (χ4v) is 8.53. The van der Waals surface area contributed by atoms with Crippen molar-refractivity contribution in [1.29, 1.82) is 0 Å². The van der Waals surface area contributed by atoms with E-state index in [9.17, 15) is 0 Å². The van der Waals surface area contributed by atoms with Crippen LogP contribution in [-0.4, -0.2) is 14.1 Å². The van der Waals surface area contributed by atoms with E-state index in [1.165, 1.54) is 54.5 Å². The van der Waals surface area contributed by atoms with E-state index in [1.54, 1.807) is 0 Å². The van der Waals surface area contributed by atoms with Crippen molar-refractivity contribution in [2.75, 3.05) is 0 Å². The van der Waals surface area contributed by atoms with Gasteiger partial charge in [-0.2, -0.15) is 0 Å². The molecule has 5 heteroatoms. The maximum Gasteiger partial charge on any atom is 0.137 e. The molecule has 1 aliphatic heterocycles. The SMILES string of the molecule is C1=C(c2cccc3ccccc23)NC(c2ccc(-n3c4ccccc4c4cc5c6ccccc6n(-c6ccccc6)c5cc43)nc2)NC1c1ccccc1. The minimum Gasteiger partial charge on any atom is -0.366 e. The summed E-state index contributed by atoms with van der Waals surface area (Å²) >= 11 is 0. The minimum atomic E-state index is -0.157. The summed E-state index contributed by atoms with van der Waals surface area (Å²) in [5, 5.41) is 15.1. The Bertz CT molecular complexity index is 3040. The van der Waals surface area contributed by atoms with E-state index in [1.807, 2.05) is 6.20 Å². The Morgan fingerprint density at radius 1 is 0.463 bits per heavy atom. The Kier molecular flexibility index (Phi) is 7.00. The molecule has 2 unspecified atom stereocenters. The molecule has 0 spiro atoms. The topological polar surface area (TPSA) is 46.8 Å². The van der Waals surface area contributed by atoms with E-state index in [0.717, 1.165) is 33.8 Å². The molecule has 54 heavy (non-hydrogen) atoms. The molecule has 3 aromatic heterocycles. The van der Waals surface area contributed by atoms with Crippen molar-refractivity contribution in [3.05, 3.63) is 205 Å². The standard InChI is InChI=1S/C49H35N5/c1-3-15-33(16-4-1)42-29-43(37-23-13-17-32-14-7-8-20-36(32)37)52-49(51-42)34-26-27-48(50-31-34)54-45-25-12-10-22-39(45)41-28-40-38-21-9-11-24-44(38)53(46(40)30-47(41)54)35-18-5-2-6-19-35/h1-31,42,49,51-52H. The van der Waals surface area contributed by atoms with Gasteiger partial charge in [0.05, 0.1) is 28.1 Å². The second kappa shape index (κ2) is 12.3. The van der Waals surface area contributed by atoms with Crippen LogP contribution in [0.5, 0.6) is 0 Å². The first kappa shape index (κ1) is 30.7. The van der Waals surface area contributed by atoms with Crippen LogP contribution in [0.4, 0.5) is 0 Å². The van der Waals surface area contributed by atoms with Crippen LogP contribution in [0.25, 0.3) is 71.6 Å². The molecule has 7 aromatic carbocycles. The molecule has 5 nitrogen and oxygen atoms in total. The summed E-state index contributed by atoms with van der Waals surface area (Å²) in [6.45, 7) is 0. The number of hydrogen-bond acceptors (Lipinski definition) is 3. The summed E-state index contributed by atoms with van der Waals surface area (Å²) < 4.78 is 4.70. The zero-order valence-electron chi connectivity index (χ0n) is 29.4. The fourth-order valence-electron chi connectivity index (χ4n) is 8.53. The smallest absolute Gasteiger partial charge is 0.137 e. The lowest BCUT2D eigenvalue weighted by Crippen LogP contribution is -2.39. The van der Waals surface area contributed by atoms with Crippen molar-refractivity contribution in [2.45, 2.75) is 12.2 Å².